The van der Waals surface area contributed by atoms with Crippen molar-refractivity contribution in [2.24, 2.45) is 5.73 Å². The lowest BCUT2D eigenvalue weighted by Gasteiger charge is -2.19. The molecule has 0 saturated heterocycles. The summed E-state index contributed by atoms with van der Waals surface area (Å²) in [5, 5.41) is 22.1. The molecule has 0 amide bonds. The predicted octanol–water partition coefficient (Wildman–Crippen LogP) is 0.965. The number of hydrogen-bond donors (Lipinski definition) is 4. The quantitative estimate of drug-likeness (QED) is 0.554. The van der Waals surface area contributed by atoms with Crippen molar-refractivity contribution in [3.63, 3.8) is 0 Å². The number of nitrogen functional groups attached to an aromatic ring is 1. The molecule has 0 radical (unpaired) electrons. The fourth-order valence-corrected chi connectivity index (χ4v) is 4.02. The van der Waals surface area contributed by atoms with Crippen molar-refractivity contribution < 1.29 is 10.2 Å². The summed E-state index contributed by atoms with van der Waals surface area (Å²) in [4.78, 5) is 8.31. The highest BCUT2D eigenvalue weighted by Crippen LogP contribution is 2.43. The van der Waals surface area contributed by atoms with Crippen LogP contribution in [0.4, 0.5) is 5.82 Å². The minimum absolute atomic E-state index is 0.149. The topological polar surface area (TPSA) is 123 Å². The molecule has 1 fully saturated rings. The monoisotopic (exact) mass is 353 g/mol. The van der Waals surface area contributed by atoms with E-state index in [2.05, 4.69) is 16.0 Å². The highest BCUT2D eigenvalue weighted by Gasteiger charge is 2.43. The fourth-order valence-electron chi connectivity index (χ4n) is 4.02. The first kappa shape index (κ1) is 17.0. The fraction of sp³-hybridized carbons (Fsp3) is 0.368. The number of fused-ring (bicyclic) bond motifs is 1. The third-order valence-electron chi connectivity index (χ3n) is 5.36. The molecule has 136 valence electrons. The van der Waals surface area contributed by atoms with Gasteiger partial charge in [0.2, 0.25) is 0 Å². The van der Waals surface area contributed by atoms with E-state index in [0.29, 0.717) is 24.4 Å². The lowest BCUT2D eigenvalue weighted by molar-refractivity contribution is 0.0179. The largest absolute Gasteiger partial charge is 0.390 e. The number of hydrogen-bond acceptors (Lipinski definition) is 6. The van der Waals surface area contributed by atoms with E-state index in [4.69, 9.17) is 11.5 Å². The van der Waals surface area contributed by atoms with Crippen LogP contribution in [0, 0.1) is 0 Å². The summed E-state index contributed by atoms with van der Waals surface area (Å²) in [5.74, 6) is 0.261. The van der Waals surface area contributed by atoms with E-state index in [9.17, 15) is 10.2 Å². The number of anilines is 1. The van der Waals surface area contributed by atoms with Gasteiger partial charge in [-0.3, -0.25) is 0 Å². The number of aromatic nitrogens is 3. The van der Waals surface area contributed by atoms with E-state index in [1.54, 1.807) is 0 Å². The van der Waals surface area contributed by atoms with E-state index >= 15 is 0 Å². The van der Waals surface area contributed by atoms with Crippen molar-refractivity contribution in [2.45, 2.75) is 37.0 Å². The molecular formula is C19H23N5O2. The van der Waals surface area contributed by atoms with Crippen LogP contribution in [0.1, 0.15) is 29.5 Å². The van der Waals surface area contributed by atoms with Crippen molar-refractivity contribution in [3.05, 3.63) is 54.0 Å². The van der Waals surface area contributed by atoms with Crippen LogP contribution in [0.2, 0.25) is 0 Å². The maximum absolute atomic E-state index is 10.7. The first-order valence-corrected chi connectivity index (χ1v) is 8.82. The Balaban J connectivity index is 1.67. The van der Waals surface area contributed by atoms with Gasteiger partial charge in [0.05, 0.1) is 17.5 Å². The van der Waals surface area contributed by atoms with Gasteiger partial charge < -0.3 is 26.2 Å². The van der Waals surface area contributed by atoms with Crippen molar-refractivity contribution in [1.29, 1.82) is 0 Å². The number of nitrogens with zero attached hydrogens (tertiary/aromatic N) is 3. The summed E-state index contributed by atoms with van der Waals surface area (Å²) < 4.78 is 1.89. The molecule has 2 heterocycles. The maximum Gasteiger partial charge on any atom is 0.145 e. The standard InChI is InChI=1S/C19H23N5O2/c20-6-4-11-2-1-3-12(8-11)14-9-15(17(26)16(14)25)24-7-5-13-18(21)22-10-23-19(13)24/h1-3,5,7-8,10,14-17,25-26H,4,6,9,20H2,(H2,21,22,23)/t14-,15-,16-,17+/m1/s1. The molecule has 2 aromatic heterocycles. The smallest absolute Gasteiger partial charge is 0.145 e. The number of aliphatic hydroxyl groups excluding tert-OH is 2. The third kappa shape index (κ3) is 2.74. The average molecular weight is 353 g/mol. The summed E-state index contributed by atoms with van der Waals surface area (Å²) in [5.41, 5.74) is 14.4. The van der Waals surface area contributed by atoms with E-state index in [1.807, 2.05) is 35.0 Å². The van der Waals surface area contributed by atoms with Crippen molar-refractivity contribution in [1.82, 2.24) is 14.5 Å². The second kappa shape index (κ2) is 6.68. The Bertz CT molecular complexity index is 925. The minimum Gasteiger partial charge on any atom is -0.390 e. The van der Waals surface area contributed by atoms with Crippen LogP contribution in [0.25, 0.3) is 11.0 Å². The molecule has 1 aliphatic rings. The van der Waals surface area contributed by atoms with Crippen molar-refractivity contribution in [2.75, 3.05) is 12.3 Å². The molecule has 1 saturated carbocycles. The summed E-state index contributed by atoms with van der Waals surface area (Å²) in [6, 6.07) is 9.65. The molecule has 0 spiro atoms. The highest BCUT2D eigenvalue weighted by atomic mass is 16.3. The molecule has 4 atom stereocenters. The van der Waals surface area contributed by atoms with Gasteiger partial charge in [0.15, 0.2) is 0 Å². The Kier molecular flexibility index (Phi) is 4.36. The zero-order valence-electron chi connectivity index (χ0n) is 14.4. The summed E-state index contributed by atoms with van der Waals surface area (Å²) in [7, 11) is 0. The Labute approximate surface area is 151 Å². The van der Waals surface area contributed by atoms with Crippen LogP contribution in [0.3, 0.4) is 0 Å². The van der Waals surface area contributed by atoms with Crippen molar-refractivity contribution in [3.8, 4) is 0 Å². The molecule has 26 heavy (non-hydrogen) atoms. The van der Waals surface area contributed by atoms with Crippen LogP contribution in [-0.2, 0) is 6.42 Å². The second-order valence-electron chi connectivity index (χ2n) is 6.89. The zero-order valence-corrected chi connectivity index (χ0v) is 14.4. The zero-order chi connectivity index (χ0) is 18.3. The van der Waals surface area contributed by atoms with Gasteiger partial charge in [0.1, 0.15) is 23.9 Å². The van der Waals surface area contributed by atoms with Gasteiger partial charge in [0.25, 0.3) is 0 Å². The lowest BCUT2D eigenvalue weighted by atomic mass is 9.93. The molecule has 4 rings (SSSR count). The summed E-state index contributed by atoms with van der Waals surface area (Å²) >= 11 is 0. The molecule has 7 nitrogen and oxygen atoms in total. The Morgan fingerprint density at radius 2 is 2.00 bits per heavy atom. The van der Waals surface area contributed by atoms with Crippen molar-refractivity contribution >= 4 is 16.9 Å². The SMILES string of the molecule is NCCc1cccc([C@H]2C[C@@H](n3ccc4c(N)ncnc43)[C@H](O)[C@@H]2O)c1. The maximum atomic E-state index is 10.7. The molecule has 0 aliphatic heterocycles. The molecule has 1 aliphatic carbocycles. The molecule has 1 aromatic carbocycles. The minimum atomic E-state index is -0.884. The molecule has 0 unspecified atom stereocenters. The summed E-state index contributed by atoms with van der Waals surface area (Å²) in [6.07, 6.45) is 2.95. The number of benzene rings is 1. The number of rotatable bonds is 4. The number of aliphatic hydroxyl groups is 2. The Hall–Kier alpha value is -2.48. The van der Waals surface area contributed by atoms with E-state index in [-0.39, 0.29) is 12.0 Å². The molecule has 3 aromatic rings. The highest BCUT2D eigenvalue weighted by molar-refractivity contribution is 5.86. The first-order valence-electron chi connectivity index (χ1n) is 8.82. The lowest BCUT2D eigenvalue weighted by Crippen LogP contribution is -2.28. The second-order valence-corrected chi connectivity index (χ2v) is 6.89. The van der Waals surface area contributed by atoms with Crippen LogP contribution in [0.5, 0.6) is 0 Å². The van der Waals surface area contributed by atoms with Gasteiger partial charge in [-0.05, 0) is 36.6 Å². The predicted molar refractivity (Wildman–Crippen MR) is 99.5 cm³/mol. The first-order chi connectivity index (χ1) is 12.6. The van der Waals surface area contributed by atoms with Gasteiger partial charge in [-0.15, -0.1) is 0 Å². The van der Waals surface area contributed by atoms with Crippen LogP contribution < -0.4 is 11.5 Å². The van der Waals surface area contributed by atoms with Gasteiger partial charge in [-0.2, -0.15) is 0 Å². The van der Waals surface area contributed by atoms with Crippen LogP contribution in [-0.4, -0.2) is 43.5 Å². The molecule has 0 bridgehead atoms. The molecular weight excluding hydrogens is 330 g/mol. The third-order valence-corrected chi connectivity index (χ3v) is 5.36. The number of nitrogens with two attached hydrogens (primary N) is 2. The Morgan fingerprint density at radius 3 is 2.81 bits per heavy atom. The van der Waals surface area contributed by atoms with E-state index in [1.165, 1.54) is 6.33 Å². The van der Waals surface area contributed by atoms with Gasteiger partial charge in [0, 0.05) is 12.1 Å². The van der Waals surface area contributed by atoms with Gasteiger partial charge in [-0.1, -0.05) is 24.3 Å². The molecule has 7 heteroatoms. The van der Waals surface area contributed by atoms with E-state index in [0.717, 1.165) is 22.9 Å². The normalized spacial score (nSPS) is 25.8. The average Bonchev–Trinajstić information content (AvgIpc) is 3.19. The van der Waals surface area contributed by atoms with Gasteiger partial charge >= 0.3 is 0 Å². The Morgan fingerprint density at radius 1 is 1.15 bits per heavy atom. The van der Waals surface area contributed by atoms with Gasteiger partial charge in [-0.25, -0.2) is 9.97 Å². The summed E-state index contributed by atoms with van der Waals surface area (Å²) in [6.45, 7) is 0.582. The van der Waals surface area contributed by atoms with Crippen LogP contribution in [0.15, 0.2) is 42.9 Å². The van der Waals surface area contributed by atoms with E-state index < -0.39 is 12.2 Å². The molecule has 6 N–H and O–H groups in total. The van der Waals surface area contributed by atoms with Crippen LogP contribution >= 0.6 is 0 Å².